The summed E-state index contributed by atoms with van der Waals surface area (Å²) in [7, 11) is 0. The monoisotopic (exact) mass is 319 g/mol. The van der Waals surface area contributed by atoms with Crippen molar-refractivity contribution in [1.29, 1.82) is 0 Å². The normalized spacial score (nSPS) is 21.4. The molecule has 3 nitrogen and oxygen atoms in total. The summed E-state index contributed by atoms with van der Waals surface area (Å²) < 4.78 is 0. The first-order chi connectivity index (χ1) is 10.0. The standard InChI is InChI=1S/C16H14ClNO2S/c1-9-2-4-10(5-3-9)15-14(19)16(20)18-12-7-6-11(17)8-13(12)21-15/h2-8,14-15,19H,1H3,(H,18,20)/t14-,15+/m1/s1. The van der Waals surface area contributed by atoms with Crippen molar-refractivity contribution in [3.63, 3.8) is 0 Å². The van der Waals surface area contributed by atoms with E-state index in [4.69, 9.17) is 11.6 Å². The van der Waals surface area contributed by atoms with Crippen LogP contribution >= 0.6 is 23.4 Å². The number of rotatable bonds is 1. The molecule has 2 aromatic rings. The lowest BCUT2D eigenvalue weighted by atomic mass is 10.1. The Morgan fingerprint density at radius 3 is 2.62 bits per heavy atom. The maximum atomic E-state index is 12.1. The maximum Gasteiger partial charge on any atom is 0.254 e. The van der Waals surface area contributed by atoms with E-state index in [-0.39, 0.29) is 5.25 Å². The van der Waals surface area contributed by atoms with E-state index in [9.17, 15) is 9.90 Å². The van der Waals surface area contributed by atoms with Gasteiger partial charge in [0.2, 0.25) is 0 Å². The summed E-state index contributed by atoms with van der Waals surface area (Å²) in [4.78, 5) is 13.0. The van der Waals surface area contributed by atoms with E-state index < -0.39 is 12.0 Å². The Kier molecular flexibility index (Phi) is 3.93. The molecule has 1 aliphatic heterocycles. The van der Waals surface area contributed by atoms with Gasteiger partial charge in [-0.1, -0.05) is 41.4 Å². The number of fused-ring (bicyclic) bond motifs is 1. The third-order valence-corrected chi connectivity index (χ3v) is 5.03. The van der Waals surface area contributed by atoms with Crippen molar-refractivity contribution in [3.8, 4) is 0 Å². The largest absolute Gasteiger partial charge is 0.382 e. The highest BCUT2D eigenvalue weighted by atomic mass is 35.5. The van der Waals surface area contributed by atoms with Crippen molar-refractivity contribution in [2.24, 2.45) is 0 Å². The highest BCUT2D eigenvalue weighted by Crippen LogP contribution is 2.44. The number of amides is 1. The number of hydrogen-bond donors (Lipinski definition) is 2. The molecule has 3 rings (SSSR count). The molecule has 0 fully saturated rings. The van der Waals surface area contributed by atoms with Crippen molar-refractivity contribution in [2.45, 2.75) is 23.2 Å². The van der Waals surface area contributed by atoms with E-state index >= 15 is 0 Å². The highest BCUT2D eigenvalue weighted by molar-refractivity contribution is 7.99. The van der Waals surface area contributed by atoms with Crippen LogP contribution in [0, 0.1) is 6.92 Å². The quantitative estimate of drug-likeness (QED) is 0.840. The minimum Gasteiger partial charge on any atom is -0.382 e. The van der Waals surface area contributed by atoms with Gasteiger partial charge in [-0.15, -0.1) is 11.8 Å². The number of anilines is 1. The number of thioether (sulfide) groups is 1. The molecule has 5 heteroatoms. The smallest absolute Gasteiger partial charge is 0.254 e. The molecule has 0 spiro atoms. The Balaban J connectivity index is 2.03. The van der Waals surface area contributed by atoms with Gasteiger partial charge < -0.3 is 10.4 Å². The number of carbonyl (C=O) groups excluding carboxylic acids is 1. The van der Waals surface area contributed by atoms with Gasteiger partial charge in [0.15, 0.2) is 0 Å². The lowest BCUT2D eigenvalue weighted by molar-refractivity contribution is -0.124. The zero-order valence-corrected chi connectivity index (χ0v) is 12.9. The van der Waals surface area contributed by atoms with Gasteiger partial charge in [0.05, 0.1) is 10.9 Å². The van der Waals surface area contributed by atoms with Gasteiger partial charge in [0, 0.05) is 9.92 Å². The van der Waals surface area contributed by atoms with Crippen LogP contribution in [0.5, 0.6) is 0 Å². The summed E-state index contributed by atoms with van der Waals surface area (Å²) in [5, 5.41) is 13.3. The summed E-state index contributed by atoms with van der Waals surface area (Å²) in [6, 6.07) is 13.1. The fourth-order valence-corrected chi connectivity index (χ4v) is 3.75. The number of hydrogen-bond acceptors (Lipinski definition) is 3. The van der Waals surface area contributed by atoms with Crippen LogP contribution in [0.1, 0.15) is 16.4 Å². The predicted molar refractivity (Wildman–Crippen MR) is 85.9 cm³/mol. The van der Waals surface area contributed by atoms with E-state index in [0.29, 0.717) is 10.7 Å². The van der Waals surface area contributed by atoms with E-state index in [2.05, 4.69) is 5.32 Å². The third kappa shape index (κ3) is 2.93. The second-order valence-corrected chi connectivity index (χ2v) is 6.64. The molecule has 1 aliphatic rings. The van der Waals surface area contributed by atoms with E-state index in [1.54, 1.807) is 18.2 Å². The average Bonchev–Trinajstić information content (AvgIpc) is 2.58. The fraction of sp³-hybridized carbons (Fsp3) is 0.188. The maximum absolute atomic E-state index is 12.1. The molecule has 0 saturated carbocycles. The zero-order valence-electron chi connectivity index (χ0n) is 11.3. The molecule has 0 bridgehead atoms. The van der Waals surface area contributed by atoms with Gasteiger partial charge >= 0.3 is 0 Å². The molecule has 108 valence electrons. The number of halogens is 1. The summed E-state index contributed by atoms with van der Waals surface area (Å²) in [6.07, 6.45) is -1.11. The Labute approximate surface area is 132 Å². The SMILES string of the molecule is Cc1ccc([C@@H]2Sc3cc(Cl)ccc3NC(=O)[C@@H]2O)cc1. The van der Waals surface area contributed by atoms with Gasteiger partial charge in [-0.2, -0.15) is 0 Å². The van der Waals surface area contributed by atoms with Crippen LogP contribution in [-0.2, 0) is 4.79 Å². The van der Waals surface area contributed by atoms with Gasteiger partial charge in [0.1, 0.15) is 6.10 Å². The van der Waals surface area contributed by atoms with Gasteiger partial charge in [-0.3, -0.25) is 4.79 Å². The lowest BCUT2D eigenvalue weighted by Gasteiger charge is -2.19. The number of carbonyl (C=O) groups is 1. The Hall–Kier alpha value is -1.49. The molecule has 0 aliphatic carbocycles. The van der Waals surface area contributed by atoms with Crippen LogP contribution in [0.4, 0.5) is 5.69 Å². The molecule has 2 atom stereocenters. The molecule has 2 N–H and O–H groups in total. The number of aliphatic hydroxyl groups excluding tert-OH is 1. The molecule has 0 radical (unpaired) electrons. The first kappa shape index (κ1) is 14.4. The summed E-state index contributed by atoms with van der Waals surface area (Å²) >= 11 is 7.47. The minimum absolute atomic E-state index is 0.356. The lowest BCUT2D eigenvalue weighted by Crippen LogP contribution is -2.30. The number of nitrogens with one attached hydrogen (secondary N) is 1. The molecule has 2 aromatic carbocycles. The van der Waals surface area contributed by atoms with Crippen LogP contribution in [0.25, 0.3) is 0 Å². The molecule has 0 saturated heterocycles. The Morgan fingerprint density at radius 2 is 1.90 bits per heavy atom. The third-order valence-electron chi connectivity index (χ3n) is 3.42. The molecule has 1 amide bonds. The first-order valence-corrected chi connectivity index (χ1v) is 7.82. The molecular weight excluding hydrogens is 306 g/mol. The van der Waals surface area contributed by atoms with Crippen molar-refractivity contribution in [3.05, 3.63) is 58.6 Å². The Morgan fingerprint density at radius 1 is 1.19 bits per heavy atom. The van der Waals surface area contributed by atoms with Gasteiger partial charge in [0.25, 0.3) is 5.91 Å². The van der Waals surface area contributed by atoms with Crippen LogP contribution < -0.4 is 5.32 Å². The van der Waals surface area contributed by atoms with Crippen LogP contribution in [0.15, 0.2) is 47.4 Å². The van der Waals surface area contributed by atoms with Gasteiger partial charge in [-0.25, -0.2) is 0 Å². The molecular formula is C16H14ClNO2S. The van der Waals surface area contributed by atoms with Crippen molar-refractivity contribution >= 4 is 35.0 Å². The van der Waals surface area contributed by atoms with Crippen molar-refractivity contribution < 1.29 is 9.90 Å². The first-order valence-electron chi connectivity index (χ1n) is 6.56. The summed E-state index contributed by atoms with van der Waals surface area (Å²) in [6.45, 7) is 2.00. The molecule has 21 heavy (non-hydrogen) atoms. The highest BCUT2D eigenvalue weighted by Gasteiger charge is 2.32. The van der Waals surface area contributed by atoms with Crippen LogP contribution in [0.3, 0.4) is 0 Å². The number of aryl methyl sites for hydroxylation is 1. The minimum atomic E-state index is -1.11. The number of aliphatic hydroxyl groups is 1. The second kappa shape index (κ2) is 5.72. The van der Waals surface area contributed by atoms with Crippen molar-refractivity contribution in [1.82, 2.24) is 0 Å². The van der Waals surface area contributed by atoms with E-state index in [0.717, 1.165) is 16.0 Å². The zero-order chi connectivity index (χ0) is 15.0. The second-order valence-electron chi connectivity index (χ2n) is 5.02. The summed E-state index contributed by atoms with van der Waals surface area (Å²) in [5.74, 6) is -0.394. The van der Waals surface area contributed by atoms with Crippen molar-refractivity contribution in [2.75, 3.05) is 5.32 Å². The Bertz CT molecular complexity index is 687. The van der Waals surface area contributed by atoms with Gasteiger partial charge in [-0.05, 0) is 30.7 Å². The fourth-order valence-electron chi connectivity index (χ4n) is 2.25. The van der Waals surface area contributed by atoms with Crippen LogP contribution in [0.2, 0.25) is 5.02 Å². The molecule has 0 unspecified atom stereocenters. The molecule has 1 heterocycles. The average molecular weight is 320 g/mol. The predicted octanol–water partition coefficient (Wildman–Crippen LogP) is 3.79. The number of benzene rings is 2. The van der Waals surface area contributed by atoms with E-state index in [1.807, 2.05) is 31.2 Å². The topological polar surface area (TPSA) is 49.3 Å². The summed E-state index contributed by atoms with van der Waals surface area (Å²) in [5.41, 5.74) is 2.74. The van der Waals surface area contributed by atoms with Crippen LogP contribution in [-0.4, -0.2) is 17.1 Å². The van der Waals surface area contributed by atoms with E-state index in [1.165, 1.54) is 11.8 Å². The molecule has 0 aromatic heterocycles.